The molecule has 0 atom stereocenters. The summed E-state index contributed by atoms with van der Waals surface area (Å²) in [5, 5.41) is 5.47. The normalized spacial score (nSPS) is 22.7. The fourth-order valence-electron chi connectivity index (χ4n) is 2.40. The van der Waals surface area contributed by atoms with Crippen molar-refractivity contribution in [2.45, 2.75) is 45.1 Å². The molecule has 0 unspecified atom stereocenters. The van der Waals surface area contributed by atoms with Gasteiger partial charge in [-0.25, -0.2) is 0 Å². The molecule has 0 radical (unpaired) electrons. The van der Waals surface area contributed by atoms with Gasteiger partial charge < -0.3 is 15.4 Å². The Morgan fingerprint density at radius 2 is 1.85 bits per heavy atom. The zero-order chi connectivity index (χ0) is 15.2. The van der Waals surface area contributed by atoms with Crippen molar-refractivity contribution < 1.29 is 14.4 Å². The van der Waals surface area contributed by atoms with Crippen LogP contribution in [0.1, 0.15) is 39.5 Å². The van der Waals surface area contributed by atoms with E-state index in [-0.39, 0.29) is 17.7 Å². The molecule has 5 heteroatoms. The maximum Gasteiger partial charge on any atom is 0.245 e. The number of amides is 2. The molecule has 1 aliphatic rings. The van der Waals surface area contributed by atoms with E-state index < -0.39 is 5.54 Å². The van der Waals surface area contributed by atoms with Crippen LogP contribution in [0.25, 0.3) is 0 Å². The van der Waals surface area contributed by atoms with Gasteiger partial charge in [-0.2, -0.15) is 0 Å². The SMILES string of the molecule is C=CC(=O)NC(C)(C)C(=O)NCC1CCC(C=O)CC1. The fourth-order valence-corrected chi connectivity index (χ4v) is 2.40. The van der Waals surface area contributed by atoms with Gasteiger partial charge in [0, 0.05) is 12.5 Å². The Kier molecular flexibility index (Phi) is 5.92. The second-order valence-corrected chi connectivity index (χ2v) is 5.95. The van der Waals surface area contributed by atoms with Crippen molar-refractivity contribution in [3.63, 3.8) is 0 Å². The summed E-state index contributed by atoms with van der Waals surface area (Å²) in [6, 6.07) is 0. The molecule has 0 aliphatic heterocycles. The van der Waals surface area contributed by atoms with Crippen LogP contribution in [0.15, 0.2) is 12.7 Å². The summed E-state index contributed by atoms with van der Waals surface area (Å²) in [6.07, 6.45) is 5.91. The molecule has 1 saturated carbocycles. The van der Waals surface area contributed by atoms with Crippen LogP contribution in [-0.4, -0.2) is 30.2 Å². The van der Waals surface area contributed by atoms with Crippen molar-refractivity contribution in [3.05, 3.63) is 12.7 Å². The molecule has 5 nitrogen and oxygen atoms in total. The summed E-state index contributed by atoms with van der Waals surface area (Å²) in [5.74, 6) is 0.0354. The monoisotopic (exact) mass is 280 g/mol. The van der Waals surface area contributed by atoms with Gasteiger partial charge in [-0.1, -0.05) is 6.58 Å². The van der Waals surface area contributed by atoms with Crippen LogP contribution < -0.4 is 10.6 Å². The minimum Gasteiger partial charge on any atom is -0.354 e. The Hall–Kier alpha value is -1.65. The Bertz CT molecular complexity index is 383. The summed E-state index contributed by atoms with van der Waals surface area (Å²) < 4.78 is 0. The zero-order valence-electron chi connectivity index (χ0n) is 12.3. The van der Waals surface area contributed by atoms with Crippen molar-refractivity contribution in [1.82, 2.24) is 10.6 Å². The Morgan fingerprint density at radius 1 is 1.25 bits per heavy atom. The van der Waals surface area contributed by atoms with Gasteiger partial charge in [0.2, 0.25) is 11.8 Å². The Labute approximate surface area is 120 Å². The van der Waals surface area contributed by atoms with Crippen LogP contribution in [0.3, 0.4) is 0 Å². The quantitative estimate of drug-likeness (QED) is 0.567. The molecular weight excluding hydrogens is 256 g/mol. The molecule has 0 saturated heterocycles. The first-order chi connectivity index (χ1) is 9.39. The van der Waals surface area contributed by atoms with Crippen LogP contribution in [-0.2, 0) is 14.4 Å². The Balaban J connectivity index is 2.37. The van der Waals surface area contributed by atoms with Gasteiger partial charge in [-0.3, -0.25) is 9.59 Å². The van der Waals surface area contributed by atoms with E-state index in [4.69, 9.17) is 0 Å². The molecule has 2 N–H and O–H groups in total. The third kappa shape index (κ3) is 4.79. The van der Waals surface area contributed by atoms with Crippen LogP contribution in [0, 0.1) is 11.8 Å². The second kappa shape index (κ2) is 7.22. The third-order valence-corrected chi connectivity index (χ3v) is 3.82. The highest BCUT2D eigenvalue weighted by Crippen LogP contribution is 2.26. The van der Waals surface area contributed by atoms with E-state index in [1.165, 1.54) is 0 Å². The van der Waals surface area contributed by atoms with Crippen molar-refractivity contribution >= 4 is 18.1 Å². The van der Waals surface area contributed by atoms with Gasteiger partial charge in [0.15, 0.2) is 0 Å². The zero-order valence-corrected chi connectivity index (χ0v) is 12.3. The minimum absolute atomic E-state index is 0.185. The average Bonchev–Trinajstić information content (AvgIpc) is 2.44. The molecule has 2 amide bonds. The largest absolute Gasteiger partial charge is 0.354 e. The summed E-state index contributed by atoms with van der Waals surface area (Å²) >= 11 is 0. The highest BCUT2D eigenvalue weighted by atomic mass is 16.2. The predicted octanol–water partition coefficient (Wildman–Crippen LogP) is 1.19. The van der Waals surface area contributed by atoms with E-state index in [0.717, 1.165) is 38.0 Å². The first-order valence-electron chi connectivity index (χ1n) is 7.07. The molecule has 20 heavy (non-hydrogen) atoms. The maximum atomic E-state index is 12.1. The van der Waals surface area contributed by atoms with E-state index >= 15 is 0 Å². The number of hydrogen-bond donors (Lipinski definition) is 2. The van der Waals surface area contributed by atoms with Crippen LogP contribution in [0.4, 0.5) is 0 Å². The van der Waals surface area contributed by atoms with Crippen LogP contribution in [0.5, 0.6) is 0 Å². The number of hydrogen-bond acceptors (Lipinski definition) is 3. The molecule has 1 aliphatic carbocycles. The molecule has 0 aromatic rings. The molecule has 1 fully saturated rings. The topological polar surface area (TPSA) is 75.3 Å². The number of carbonyl (C=O) groups is 3. The van der Waals surface area contributed by atoms with E-state index in [0.29, 0.717) is 12.5 Å². The molecule has 1 rings (SSSR count). The van der Waals surface area contributed by atoms with Crippen molar-refractivity contribution in [1.29, 1.82) is 0 Å². The smallest absolute Gasteiger partial charge is 0.245 e. The molecule has 112 valence electrons. The highest BCUT2D eigenvalue weighted by Gasteiger charge is 2.29. The number of carbonyl (C=O) groups excluding carboxylic acids is 3. The molecule has 0 aromatic carbocycles. The molecule has 0 heterocycles. The van der Waals surface area contributed by atoms with Crippen molar-refractivity contribution in [2.24, 2.45) is 11.8 Å². The lowest BCUT2D eigenvalue weighted by Gasteiger charge is -2.28. The fraction of sp³-hybridized carbons (Fsp3) is 0.667. The van der Waals surface area contributed by atoms with E-state index in [2.05, 4.69) is 17.2 Å². The van der Waals surface area contributed by atoms with Gasteiger partial charge in [0.05, 0.1) is 0 Å². The Morgan fingerprint density at radius 3 is 2.35 bits per heavy atom. The molecule has 0 bridgehead atoms. The third-order valence-electron chi connectivity index (χ3n) is 3.82. The lowest BCUT2D eigenvalue weighted by atomic mass is 9.82. The predicted molar refractivity (Wildman–Crippen MR) is 76.9 cm³/mol. The highest BCUT2D eigenvalue weighted by molar-refractivity contribution is 5.94. The van der Waals surface area contributed by atoms with Gasteiger partial charge >= 0.3 is 0 Å². The molecular formula is C15H24N2O3. The van der Waals surface area contributed by atoms with E-state index in [1.807, 2.05) is 0 Å². The van der Waals surface area contributed by atoms with E-state index in [1.54, 1.807) is 13.8 Å². The van der Waals surface area contributed by atoms with Gasteiger partial charge in [0.25, 0.3) is 0 Å². The van der Waals surface area contributed by atoms with Crippen molar-refractivity contribution in [2.75, 3.05) is 6.54 Å². The first kappa shape index (κ1) is 16.4. The van der Waals surface area contributed by atoms with Crippen LogP contribution >= 0.6 is 0 Å². The van der Waals surface area contributed by atoms with Gasteiger partial charge in [-0.15, -0.1) is 0 Å². The van der Waals surface area contributed by atoms with Crippen LogP contribution in [0.2, 0.25) is 0 Å². The number of aldehydes is 1. The molecule has 0 spiro atoms. The lowest BCUT2D eigenvalue weighted by molar-refractivity contribution is -0.130. The van der Waals surface area contributed by atoms with Gasteiger partial charge in [-0.05, 0) is 51.5 Å². The average molecular weight is 280 g/mol. The van der Waals surface area contributed by atoms with E-state index in [9.17, 15) is 14.4 Å². The maximum absolute atomic E-state index is 12.1. The van der Waals surface area contributed by atoms with Gasteiger partial charge in [0.1, 0.15) is 11.8 Å². The second-order valence-electron chi connectivity index (χ2n) is 5.95. The summed E-state index contributed by atoms with van der Waals surface area (Å²) in [5.41, 5.74) is -0.953. The summed E-state index contributed by atoms with van der Waals surface area (Å²) in [4.78, 5) is 34.0. The number of nitrogens with one attached hydrogen (secondary N) is 2. The summed E-state index contributed by atoms with van der Waals surface area (Å²) in [6.45, 7) is 7.28. The van der Waals surface area contributed by atoms with Crippen molar-refractivity contribution in [3.8, 4) is 0 Å². The first-order valence-corrected chi connectivity index (χ1v) is 7.07. The number of rotatable bonds is 6. The minimum atomic E-state index is -0.953. The lowest BCUT2D eigenvalue weighted by Crippen LogP contribution is -2.55. The molecule has 0 aromatic heterocycles. The summed E-state index contributed by atoms with van der Waals surface area (Å²) in [7, 11) is 0. The standard InChI is InChI=1S/C15H24N2O3/c1-4-13(19)17-15(2,3)14(20)16-9-11-5-7-12(10-18)8-6-11/h4,10-12H,1,5-9H2,2-3H3,(H,16,20)(H,17,19).